The molecule has 0 amide bonds. The minimum absolute atomic E-state index is 0.127. The van der Waals surface area contributed by atoms with Gasteiger partial charge < -0.3 is 20.4 Å². The minimum atomic E-state index is -0.675. The number of unbranched alkanes of at least 4 members (excludes halogenated alkanes) is 6. The molecule has 0 radical (unpaired) electrons. The third-order valence-electron chi connectivity index (χ3n) is 5.07. The fraction of sp³-hybridized carbons (Fsp3) is 0.909. The maximum Gasteiger partial charge on any atom is 0.303 e. The van der Waals surface area contributed by atoms with Crippen LogP contribution in [0.25, 0.3) is 0 Å². The van der Waals surface area contributed by atoms with E-state index in [9.17, 15) is 9.59 Å². The van der Waals surface area contributed by atoms with Gasteiger partial charge in [0, 0.05) is 18.3 Å². The van der Waals surface area contributed by atoms with Gasteiger partial charge in [0.1, 0.15) is 0 Å². The summed E-state index contributed by atoms with van der Waals surface area (Å²) in [4.78, 5) is 19.9. The van der Waals surface area contributed by atoms with E-state index in [1.807, 2.05) is 0 Å². The first-order valence-corrected chi connectivity index (χ1v) is 11.0. The average Bonchev–Trinajstić information content (AvgIpc) is 2.70. The van der Waals surface area contributed by atoms with Gasteiger partial charge in [0.15, 0.2) is 0 Å². The van der Waals surface area contributed by atoms with Crippen molar-refractivity contribution in [2.75, 3.05) is 13.2 Å². The lowest BCUT2D eigenvalue weighted by molar-refractivity contribution is -0.138. The van der Waals surface area contributed by atoms with E-state index in [4.69, 9.17) is 20.4 Å². The Labute approximate surface area is 171 Å². The molecule has 168 valence electrons. The first-order chi connectivity index (χ1) is 13.4. The van der Waals surface area contributed by atoms with Gasteiger partial charge in [-0.15, -0.1) is 0 Å². The van der Waals surface area contributed by atoms with Crippen LogP contribution in [0.15, 0.2) is 0 Å². The van der Waals surface area contributed by atoms with Gasteiger partial charge in [-0.3, -0.25) is 9.59 Å². The van der Waals surface area contributed by atoms with Crippen molar-refractivity contribution in [2.24, 2.45) is 5.41 Å². The Balaban J connectivity index is 0. The number of carbonyl (C=O) groups is 2. The van der Waals surface area contributed by atoms with E-state index in [0.29, 0.717) is 12.8 Å². The van der Waals surface area contributed by atoms with Crippen LogP contribution in [0.4, 0.5) is 0 Å². The molecule has 6 heteroatoms. The molecule has 0 unspecified atom stereocenters. The van der Waals surface area contributed by atoms with Gasteiger partial charge in [0.2, 0.25) is 0 Å². The average molecular weight is 405 g/mol. The van der Waals surface area contributed by atoms with Crippen LogP contribution in [0.1, 0.15) is 110 Å². The molecule has 1 saturated carbocycles. The molecule has 6 nitrogen and oxygen atoms in total. The van der Waals surface area contributed by atoms with E-state index in [-0.39, 0.29) is 18.6 Å². The summed E-state index contributed by atoms with van der Waals surface area (Å²) >= 11 is 0. The third-order valence-corrected chi connectivity index (χ3v) is 5.07. The number of aliphatic carboxylic acids is 2. The summed E-state index contributed by atoms with van der Waals surface area (Å²) in [5, 5.41) is 34.4. The van der Waals surface area contributed by atoms with Gasteiger partial charge in [0.25, 0.3) is 0 Å². The van der Waals surface area contributed by atoms with Crippen LogP contribution in [-0.2, 0) is 9.59 Å². The van der Waals surface area contributed by atoms with Gasteiger partial charge >= 0.3 is 11.9 Å². The molecule has 0 atom stereocenters. The summed E-state index contributed by atoms with van der Waals surface area (Å²) in [5.41, 5.74) is -0.127. The molecule has 0 aliphatic heterocycles. The van der Waals surface area contributed by atoms with E-state index in [1.165, 1.54) is 32.1 Å². The van der Waals surface area contributed by atoms with Crippen molar-refractivity contribution in [1.29, 1.82) is 0 Å². The molecule has 1 aliphatic rings. The number of aliphatic hydroxyl groups excluding tert-OH is 2. The normalized spacial score (nSPS) is 14.9. The molecule has 0 heterocycles. The number of hydrogen-bond acceptors (Lipinski definition) is 4. The zero-order chi connectivity index (χ0) is 21.7. The zero-order valence-corrected chi connectivity index (χ0v) is 18.1. The highest BCUT2D eigenvalue weighted by Gasteiger charge is 2.30. The van der Waals surface area contributed by atoms with Gasteiger partial charge in [-0.1, -0.05) is 71.6 Å². The third kappa shape index (κ3) is 19.6. The molecule has 0 aromatic carbocycles. The summed E-state index contributed by atoms with van der Waals surface area (Å²) in [5.74, 6) is -1.35. The van der Waals surface area contributed by atoms with Crippen molar-refractivity contribution in [3.8, 4) is 0 Å². The number of hydrogen-bond donors (Lipinski definition) is 4. The lowest BCUT2D eigenvalue weighted by Gasteiger charge is -2.33. The van der Waals surface area contributed by atoms with E-state index in [1.54, 1.807) is 0 Å². The van der Waals surface area contributed by atoms with Gasteiger partial charge in [-0.05, 0) is 25.7 Å². The molecule has 1 rings (SSSR count). The quantitative estimate of drug-likeness (QED) is 0.340. The highest BCUT2D eigenvalue weighted by molar-refractivity contribution is 5.66. The van der Waals surface area contributed by atoms with E-state index in [2.05, 4.69) is 13.8 Å². The maximum absolute atomic E-state index is 9.96. The second-order valence-electron chi connectivity index (χ2n) is 7.79. The smallest absolute Gasteiger partial charge is 0.303 e. The Hall–Kier alpha value is -1.14. The molecule has 1 fully saturated rings. The number of carboxylic acid groups (broad SMARTS) is 2. The van der Waals surface area contributed by atoms with E-state index in [0.717, 1.165) is 51.4 Å². The van der Waals surface area contributed by atoms with Crippen molar-refractivity contribution < 1.29 is 30.0 Å². The molecular weight excluding hydrogens is 360 g/mol. The molecule has 0 aromatic heterocycles. The highest BCUT2D eigenvalue weighted by Crippen LogP contribution is 2.34. The topological polar surface area (TPSA) is 115 Å². The second-order valence-corrected chi connectivity index (χ2v) is 7.79. The van der Waals surface area contributed by atoms with Crippen LogP contribution in [0, 0.1) is 5.41 Å². The predicted molar refractivity (Wildman–Crippen MR) is 112 cm³/mol. The van der Waals surface area contributed by atoms with E-state index < -0.39 is 11.9 Å². The van der Waals surface area contributed by atoms with Crippen LogP contribution >= 0.6 is 0 Å². The van der Waals surface area contributed by atoms with Gasteiger partial charge in [0.05, 0.1) is 13.2 Å². The minimum Gasteiger partial charge on any atom is -0.481 e. The van der Waals surface area contributed by atoms with Gasteiger partial charge in [-0.2, -0.15) is 0 Å². The van der Waals surface area contributed by atoms with Crippen LogP contribution in [0.2, 0.25) is 0 Å². The Kier molecular flexibility index (Phi) is 21.4. The zero-order valence-electron chi connectivity index (χ0n) is 18.1. The number of carboxylic acids is 2. The summed E-state index contributed by atoms with van der Waals surface area (Å²) in [6.45, 7) is 4.54. The first-order valence-electron chi connectivity index (χ1n) is 11.0. The second kappa shape index (κ2) is 20.6. The summed E-state index contributed by atoms with van der Waals surface area (Å²) in [6.07, 6.45) is 14.7. The highest BCUT2D eigenvalue weighted by atomic mass is 16.4. The molecular formula is C22H44O6. The molecule has 0 saturated heterocycles. The lowest BCUT2D eigenvalue weighted by atomic mass is 9.75. The van der Waals surface area contributed by atoms with Crippen LogP contribution in [-0.4, -0.2) is 45.6 Å². The van der Waals surface area contributed by atoms with Crippen LogP contribution in [0.3, 0.4) is 0 Å². The number of rotatable bonds is 12. The standard InChI is InChI=1S/C8H16O2.2C7H14O2/c9-6-8(7-10)4-2-1-3-5-8;2*1-2-3-4-5-6-7(8)9/h9-10H,1-7H2;2*2-6H2,1H3,(H,8,9). The van der Waals surface area contributed by atoms with Crippen molar-refractivity contribution >= 4 is 11.9 Å². The Morgan fingerprint density at radius 3 is 1.32 bits per heavy atom. The van der Waals surface area contributed by atoms with Crippen LogP contribution in [0.5, 0.6) is 0 Å². The SMILES string of the molecule is CCCCCCC(=O)O.CCCCCCC(=O)O.OCC1(CO)CCCCC1. The summed E-state index contributed by atoms with van der Waals surface area (Å²) < 4.78 is 0. The summed E-state index contributed by atoms with van der Waals surface area (Å²) in [6, 6.07) is 0. The van der Waals surface area contributed by atoms with Crippen molar-refractivity contribution in [3.05, 3.63) is 0 Å². The molecule has 0 spiro atoms. The number of aliphatic hydroxyl groups is 2. The molecule has 0 bridgehead atoms. The van der Waals surface area contributed by atoms with E-state index >= 15 is 0 Å². The summed E-state index contributed by atoms with van der Waals surface area (Å²) in [7, 11) is 0. The largest absolute Gasteiger partial charge is 0.481 e. The Morgan fingerprint density at radius 2 is 1.07 bits per heavy atom. The lowest BCUT2D eigenvalue weighted by Crippen LogP contribution is -2.31. The predicted octanol–water partition coefficient (Wildman–Crippen LogP) is 5.00. The van der Waals surface area contributed by atoms with Gasteiger partial charge in [-0.25, -0.2) is 0 Å². The monoisotopic (exact) mass is 404 g/mol. The first kappa shape index (κ1) is 29.1. The van der Waals surface area contributed by atoms with Crippen molar-refractivity contribution in [1.82, 2.24) is 0 Å². The van der Waals surface area contributed by atoms with Crippen molar-refractivity contribution in [3.63, 3.8) is 0 Å². The molecule has 1 aliphatic carbocycles. The molecule has 28 heavy (non-hydrogen) atoms. The fourth-order valence-corrected chi connectivity index (χ4v) is 3.07. The van der Waals surface area contributed by atoms with Crippen molar-refractivity contribution in [2.45, 2.75) is 110 Å². The maximum atomic E-state index is 9.96. The fourth-order valence-electron chi connectivity index (χ4n) is 3.07. The molecule has 4 N–H and O–H groups in total. The van der Waals surface area contributed by atoms with Crippen LogP contribution < -0.4 is 0 Å². The Morgan fingerprint density at radius 1 is 0.679 bits per heavy atom. The Bertz CT molecular complexity index is 336. The molecule has 0 aromatic rings.